The van der Waals surface area contributed by atoms with Crippen molar-refractivity contribution in [2.75, 3.05) is 4.72 Å². The van der Waals surface area contributed by atoms with Gasteiger partial charge in [-0.2, -0.15) is 0 Å². The van der Waals surface area contributed by atoms with Gasteiger partial charge < -0.3 is 0 Å². The van der Waals surface area contributed by atoms with Crippen LogP contribution in [0.3, 0.4) is 0 Å². The molecule has 4 nitrogen and oxygen atoms in total. The summed E-state index contributed by atoms with van der Waals surface area (Å²) in [6.07, 6.45) is 2.61. The minimum absolute atomic E-state index is 0.248. The molecule has 0 spiro atoms. The molecule has 0 saturated carbocycles. The lowest BCUT2D eigenvalue weighted by Gasteiger charge is -2.11. The highest BCUT2D eigenvalue weighted by Crippen LogP contribution is 2.21. The van der Waals surface area contributed by atoms with Crippen LogP contribution in [0.1, 0.15) is 37.3 Å². The molecule has 21 heavy (non-hydrogen) atoms. The molecule has 1 heterocycles. The second kappa shape index (κ2) is 6.26. The summed E-state index contributed by atoms with van der Waals surface area (Å²) in [5.41, 5.74) is 2.10. The number of sulfonamides is 1. The first kappa shape index (κ1) is 15.5. The Labute approximate surface area is 126 Å². The van der Waals surface area contributed by atoms with E-state index in [4.69, 9.17) is 0 Å². The molecule has 0 radical (unpaired) electrons. The SMILES string of the molecule is CC[C@@H](C)c1ccc(S(=O)(=O)Nc2cc(C)ccn2)cc1. The number of nitrogens with one attached hydrogen (secondary N) is 1. The van der Waals surface area contributed by atoms with Gasteiger partial charge in [0.25, 0.3) is 10.0 Å². The second-order valence-electron chi connectivity index (χ2n) is 5.20. The fourth-order valence-corrected chi connectivity index (χ4v) is 3.00. The molecule has 0 aliphatic rings. The van der Waals surface area contributed by atoms with Crippen molar-refractivity contribution in [2.45, 2.75) is 38.0 Å². The van der Waals surface area contributed by atoms with E-state index in [1.54, 1.807) is 24.4 Å². The van der Waals surface area contributed by atoms with Gasteiger partial charge in [-0.1, -0.05) is 26.0 Å². The van der Waals surface area contributed by atoms with Gasteiger partial charge >= 0.3 is 0 Å². The maximum atomic E-state index is 12.3. The van der Waals surface area contributed by atoms with E-state index in [2.05, 4.69) is 23.6 Å². The monoisotopic (exact) mass is 304 g/mol. The van der Waals surface area contributed by atoms with Crippen LogP contribution in [0.5, 0.6) is 0 Å². The zero-order valence-electron chi connectivity index (χ0n) is 12.5. The van der Waals surface area contributed by atoms with Crippen molar-refractivity contribution < 1.29 is 8.42 Å². The molecule has 0 unspecified atom stereocenters. The van der Waals surface area contributed by atoms with Gasteiger partial charge in [-0.05, 0) is 54.7 Å². The van der Waals surface area contributed by atoms with Crippen LogP contribution in [0.15, 0.2) is 47.5 Å². The van der Waals surface area contributed by atoms with E-state index in [0.29, 0.717) is 11.7 Å². The van der Waals surface area contributed by atoms with Crippen molar-refractivity contribution in [3.05, 3.63) is 53.7 Å². The zero-order chi connectivity index (χ0) is 15.5. The summed E-state index contributed by atoms with van der Waals surface area (Å²) in [5, 5.41) is 0. The van der Waals surface area contributed by atoms with E-state index >= 15 is 0 Å². The molecule has 2 aromatic rings. The first-order valence-electron chi connectivity index (χ1n) is 6.98. The molecule has 1 atom stereocenters. The molecule has 5 heteroatoms. The van der Waals surface area contributed by atoms with Crippen molar-refractivity contribution in [3.63, 3.8) is 0 Å². The number of anilines is 1. The highest BCUT2D eigenvalue weighted by atomic mass is 32.2. The average molecular weight is 304 g/mol. The highest BCUT2D eigenvalue weighted by molar-refractivity contribution is 7.92. The lowest BCUT2D eigenvalue weighted by Crippen LogP contribution is -2.14. The highest BCUT2D eigenvalue weighted by Gasteiger charge is 2.15. The number of aryl methyl sites for hydroxylation is 1. The van der Waals surface area contributed by atoms with Crippen LogP contribution in [-0.2, 0) is 10.0 Å². The minimum Gasteiger partial charge on any atom is -0.263 e. The Morgan fingerprint density at radius 2 is 1.86 bits per heavy atom. The smallest absolute Gasteiger partial charge is 0.263 e. The fraction of sp³-hybridized carbons (Fsp3) is 0.312. The minimum atomic E-state index is -3.59. The number of nitrogens with zero attached hydrogens (tertiary/aromatic N) is 1. The molecule has 0 saturated heterocycles. The van der Waals surface area contributed by atoms with E-state index in [-0.39, 0.29) is 4.90 Å². The van der Waals surface area contributed by atoms with Gasteiger partial charge in [-0.15, -0.1) is 0 Å². The van der Waals surface area contributed by atoms with Crippen molar-refractivity contribution in [1.82, 2.24) is 4.98 Å². The number of hydrogen-bond acceptors (Lipinski definition) is 3. The Hall–Kier alpha value is -1.88. The standard InChI is InChI=1S/C16H20N2O2S/c1-4-13(3)14-5-7-15(8-6-14)21(19,20)18-16-11-12(2)9-10-17-16/h5-11,13H,4H2,1-3H3,(H,17,18)/t13-/m1/s1. The molecule has 1 aromatic heterocycles. The number of hydrogen-bond donors (Lipinski definition) is 1. The van der Waals surface area contributed by atoms with Crippen LogP contribution in [0.2, 0.25) is 0 Å². The molecular weight excluding hydrogens is 284 g/mol. The van der Waals surface area contributed by atoms with Crippen LogP contribution in [0.4, 0.5) is 5.82 Å². The fourth-order valence-electron chi connectivity index (χ4n) is 2.00. The lowest BCUT2D eigenvalue weighted by atomic mass is 9.99. The predicted octanol–water partition coefficient (Wildman–Crippen LogP) is 3.70. The summed E-state index contributed by atoms with van der Waals surface area (Å²) in [7, 11) is -3.59. The molecule has 112 valence electrons. The largest absolute Gasteiger partial charge is 0.263 e. The van der Waals surface area contributed by atoms with Crippen molar-refractivity contribution >= 4 is 15.8 Å². The molecule has 2 rings (SSSR count). The van der Waals surface area contributed by atoms with E-state index in [1.807, 2.05) is 25.1 Å². The third kappa shape index (κ3) is 3.82. The topological polar surface area (TPSA) is 59.1 Å². The number of benzene rings is 1. The average Bonchev–Trinajstić information content (AvgIpc) is 2.46. The third-order valence-electron chi connectivity index (χ3n) is 3.53. The van der Waals surface area contributed by atoms with Crippen molar-refractivity contribution in [1.29, 1.82) is 0 Å². The molecule has 0 aliphatic heterocycles. The maximum absolute atomic E-state index is 12.3. The summed E-state index contributed by atoms with van der Waals surface area (Å²) >= 11 is 0. The number of pyridine rings is 1. The van der Waals surface area contributed by atoms with E-state index in [0.717, 1.165) is 17.5 Å². The van der Waals surface area contributed by atoms with Crippen LogP contribution >= 0.6 is 0 Å². The van der Waals surface area contributed by atoms with Crippen LogP contribution in [-0.4, -0.2) is 13.4 Å². The number of rotatable bonds is 5. The third-order valence-corrected chi connectivity index (χ3v) is 4.90. The summed E-state index contributed by atoms with van der Waals surface area (Å²) < 4.78 is 27.1. The van der Waals surface area contributed by atoms with Gasteiger partial charge in [0.2, 0.25) is 0 Å². The summed E-state index contributed by atoms with van der Waals surface area (Å²) in [4.78, 5) is 4.27. The quantitative estimate of drug-likeness (QED) is 0.916. The molecule has 1 N–H and O–H groups in total. The number of aromatic nitrogens is 1. The lowest BCUT2D eigenvalue weighted by molar-refractivity contribution is 0.601. The molecule has 1 aromatic carbocycles. The zero-order valence-corrected chi connectivity index (χ0v) is 13.3. The molecule has 0 fully saturated rings. The maximum Gasteiger partial charge on any atom is 0.263 e. The molecular formula is C16H20N2O2S. The Morgan fingerprint density at radius 3 is 2.43 bits per heavy atom. The molecule has 0 aliphatic carbocycles. The van der Waals surface area contributed by atoms with Crippen LogP contribution in [0, 0.1) is 6.92 Å². The van der Waals surface area contributed by atoms with Gasteiger partial charge in [-0.25, -0.2) is 13.4 Å². The molecule has 0 bridgehead atoms. The first-order valence-corrected chi connectivity index (χ1v) is 8.46. The van der Waals surface area contributed by atoms with E-state index in [9.17, 15) is 8.42 Å². The van der Waals surface area contributed by atoms with Gasteiger partial charge in [-0.3, -0.25) is 4.72 Å². The summed E-state index contributed by atoms with van der Waals surface area (Å²) in [6, 6.07) is 10.5. The van der Waals surface area contributed by atoms with Crippen molar-refractivity contribution in [2.24, 2.45) is 0 Å². The first-order chi connectivity index (χ1) is 9.92. The van der Waals surface area contributed by atoms with Crippen LogP contribution < -0.4 is 4.72 Å². The summed E-state index contributed by atoms with van der Waals surface area (Å²) in [5.74, 6) is 0.758. The Bertz CT molecular complexity index is 709. The Morgan fingerprint density at radius 1 is 1.19 bits per heavy atom. The summed E-state index contributed by atoms with van der Waals surface area (Å²) in [6.45, 7) is 6.12. The van der Waals surface area contributed by atoms with Crippen LogP contribution in [0.25, 0.3) is 0 Å². The Kier molecular flexibility index (Phi) is 4.63. The van der Waals surface area contributed by atoms with Crippen molar-refractivity contribution in [3.8, 4) is 0 Å². The van der Waals surface area contributed by atoms with Gasteiger partial charge in [0, 0.05) is 6.20 Å². The normalized spacial score (nSPS) is 12.9. The van der Waals surface area contributed by atoms with E-state index in [1.165, 1.54) is 0 Å². The Balaban J connectivity index is 2.23. The molecule has 0 amide bonds. The second-order valence-corrected chi connectivity index (χ2v) is 6.88. The van der Waals surface area contributed by atoms with Gasteiger partial charge in [0.1, 0.15) is 5.82 Å². The predicted molar refractivity (Wildman–Crippen MR) is 84.9 cm³/mol. The van der Waals surface area contributed by atoms with E-state index < -0.39 is 10.0 Å². The van der Waals surface area contributed by atoms with Gasteiger partial charge in [0.05, 0.1) is 4.90 Å². The van der Waals surface area contributed by atoms with Gasteiger partial charge in [0.15, 0.2) is 0 Å².